The molecule has 3 heterocycles. The van der Waals surface area contributed by atoms with Crippen LogP contribution in [0.5, 0.6) is 5.88 Å². The van der Waals surface area contributed by atoms with Crippen molar-refractivity contribution in [2.45, 2.75) is 316 Å². The number of methoxy groups -OCH3 is 5. The van der Waals surface area contributed by atoms with Gasteiger partial charge in [-0.1, -0.05) is 78.3 Å². The molecule has 0 atom stereocenters. The fourth-order valence-electron chi connectivity index (χ4n) is 24.2. The highest BCUT2D eigenvalue weighted by molar-refractivity contribution is 9.10. The monoisotopic (exact) mass is 2030 g/mol. The van der Waals surface area contributed by atoms with Gasteiger partial charge in [-0.25, -0.2) is 24.5 Å². The zero-order valence-corrected chi connectivity index (χ0v) is 84.6. The molecule has 0 saturated heterocycles. The standard InChI is InChI=1S/C26H29F3N4O3.C21H27BrO3.C21H28O3.2C18H22O4.C5H5F3N4O/c1-24(2)20(31-19-21(30)32-23(26(27,28)29)33-22(19)36-24)16-4-5-17-15(13-16)8-11-25(17)9-6-14(7-10-25)12-18(34)35-3;1-20(2,22)19(24)16-4-5-17-15(13-16)8-11-21(17)9-6-14(7-10-21)12-18(23)25-3;1-14(2)20(23)17-4-5-18-16(13-17)8-11-21(18)9-6-15(7-10-21)12-19(22)24-3;2*1-22-16(19)10-12-4-7-18(8-5-12)9-6-13-11-14(17(20)21)2-3-15(13)18;6-5(7,8)4-11-2(10)1(9)3(13)12-4/h4-5,13-14H,6-12H2,1-3H3,(H2,30,32,33);4-5,13-14H,6-12H2,1-3H3;4-5,13-15H,6-12H2,1-3H3;2*2-3,11-12H,4-10H2,1H3,(H,20,21);9H2,(H3,10,11,12,13). The van der Waals surface area contributed by atoms with Gasteiger partial charge >= 0.3 is 54.1 Å². The van der Waals surface area contributed by atoms with E-state index in [4.69, 9.17) is 55.8 Å². The maximum Gasteiger partial charge on any atom is 0.451 e. The van der Waals surface area contributed by atoms with Crippen molar-refractivity contribution in [3.8, 4) is 5.88 Å². The van der Waals surface area contributed by atoms with Crippen molar-refractivity contribution in [1.82, 2.24) is 19.9 Å². The zero-order valence-electron chi connectivity index (χ0n) is 83.0. The second-order valence-electron chi connectivity index (χ2n) is 42.2. The highest BCUT2D eigenvalue weighted by Gasteiger charge is 2.50. The first kappa shape index (κ1) is 108. The minimum atomic E-state index is -4.74. The third kappa shape index (κ3) is 24.5. The topological polar surface area (TPSA) is 411 Å². The summed E-state index contributed by atoms with van der Waals surface area (Å²) in [5, 5.41) is 18.2. The van der Waals surface area contributed by atoms with E-state index >= 15 is 0 Å². The molecule has 26 nitrogen and oxygen atoms in total. The van der Waals surface area contributed by atoms with Crippen LogP contribution in [0.2, 0.25) is 0 Å². The number of rotatable bonds is 17. The SMILES string of the molecule is COC(=O)CC1CCC2(CCc3cc(C(=O)C(C)(C)Br)ccc32)CC1.COC(=O)CC1CCC2(CCc3cc(C(=O)C(C)C)ccc32)CC1.COC(=O)CC1CCC2(CCc3cc(C(=O)O)ccc32)CC1.COC(=O)CC1CCC2(CCc3cc(C(=O)O)ccc32)CC1.COC(=O)CC1CCC2(CCc3cc(C4=Nc5c(N)nc(C(F)(F)F)nc5OC4(C)C)ccc32)CC1.Nc1nc(C(F)(F)F)[nH]c(=O)c1N. The number of Topliss-reactive ketones (excluding diaryl/α,β-unsaturated/α-hetero) is 2. The number of hydrogen-bond donors (Lipinski definition) is 6. The number of aliphatic imine (C=N–C) groups is 1. The Kier molecular flexibility index (Phi) is 33.5. The fourth-order valence-corrected chi connectivity index (χ4v) is 24.4. The van der Waals surface area contributed by atoms with Crippen molar-refractivity contribution < 1.29 is 108 Å². The van der Waals surface area contributed by atoms with Gasteiger partial charge in [0.25, 0.3) is 5.56 Å². The van der Waals surface area contributed by atoms with E-state index in [1.54, 1.807) is 26.0 Å². The number of carboxylic acids is 2. The number of alkyl halides is 7. The van der Waals surface area contributed by atoms with Gasteiger partial charge in [-0.2, -0.15) is 31.3 Å². The molecule has 5 fully saturated rings. The van der Waals surface area contributed by atoms with Crippen LogP contribution in [0.1, 0.15) is 348 Å². The van der Waals surface area contributed by atoms with Crippen LogP contribution >= 0.6 is 15.9 Å². The maximum absolute atomic E-state index is 13.2. The lowest BCUT2D eigenvalue weighted by molar-refractivity contribution is -0.145. The number of benzene rings is 5. The van der Waals surface area contributed by atoms with Gasteiger partial charge < -0.3 is 60.8 Å². The molecule has 9 N–H and O–H groups in total. The number of H-pyrrole nitrogens is 1. The predicted molar refractivity (Wildman–Crippen MR) is 527 cm³/mol. The number of fused-ring (bicyclic) bond motifs is 11. The van der Waals surface area contributed by atoms with Crippen molar-refractivity contribution in [1.29, 1.82) is 0 Å². The molecule has 33 heteroatoms. The average Bonchev–Trinajstić information content (AvgIpc) is 1.26. The Morgan fingerprint density at radius 2 is 0.739 bits per heavy atom. The van der Waals surface area contributed by atoms with Crippen LogP contribution in [0, 0.1) is 35.5 Å². The minimum absolute atomic E-state index is 0.0122. The fraction of sp³-hybridized carbons (Fsp3) is 0.560. The first-order valence-electron chi connectivity index (χ1n) is 49.5. The molecule has 5 aromatic carbocycles. The molecule has 11 aliphatic rings. The number of nitrogens with one attached hydrogen (secondary N) is 1. The number of carbonyl (C=O) groups excluding carboxylic acids is 7. The van der Waals surface area contributed by atoms with Gasteiger partial charge in [0.05, 0.1) is 56.7 Å². The summed E-state index contributed by atoms with van der Waals surface area (Å²) in [6.45, 7) is 11.2. The van der Waals surface area contributed by atoms with Gasteiger partial charge in [0.1, 0.15) is 11.3 Å². The first-order chi connectivity index (χ1) is 67.0. The van der Waals surface area contributed by atoms with Crippen molar-refractivity contribution in [2.24, 2.45) is 40.5 Å². The predicted octanol–water partition coefficient (Wildman–Crippen LogP) is 21.3. The number of aromatic nitrogens is 4. The number of aryl methyl sites for hydroxylation is 5. The number of anilines is 3. The van der Waals surface area contributed by atoms with E-state index in [2.05, 4.69) is 72.3 Å². The lowest BCUT2D eigenvalue weighted by atomic mass is 9.66. The van der Waals surface area contributed by atoms with Gasteiger partial charge in [-0.15, -0.1) is 0 Å². The summed E-state index contributed by atoms with van der Waals surface area (Å²) in [6, 6.07) is 30.1. The first-order valence-corrected chi connectivity index (χ1v) is 50.3. The minimum Gasteiger partial charge on any atom is -0.478 e. The number of nitrogen functional groups attached to an aromatic ring is 3. The van der Waals surface area contributed by atoms with Crippen LogP contribution in [-0.2, 0) is 119 Å². The van der Waals surface area contributed by atoms with E-state index in [0.29, 0.717) is 78.5 Å². The number of aromatic amines is 1. The summed E-state index contributed by atoms with van der Waals surface area (Å²) in [4.78, 5) is 131. The van der Waals surface area contributed by atoms with Crippen LogP contribution in [-0.4, -0.2) is 135 Å². The molecule has 7 aromatic rings. The average molecular weight is 2040 g/mol. The highest BCUT2D eigenvalue weighted by Crippen LogP contribution is 2.57. The van der Waals surface area contributed by atoms with Crippen LogP contribution in [0.3, 0.4) is 0 Å². The van der Waals surface area contributed by atoms with Crippen molar-refractivity contribution in [2.75, 3.05) is 52.7 Å². The van der Waals surface area contributed by atoms with Gasteiger partial charge in [0, 0.05) is 54.7 Å². The number of carboxylic acid groups (broad SMARTS) is 2. The van der Waals surface area contributed by atoms with E-state index in [1.807, 2.05) is 70.2 Å². The van der Waals surface area contributed by atoms with E-state index in [0.717, 1.165) is 196 Å². The molecule has 0 radical (unpaired) electrons. The third-order valence-corrected chi connectivity index (χ3v) is 32.7. The summed E-state index contributed by atoms with van der Waals surface area (Å²) in [5.74, 6) is -3.76. The number of nitrogens with zero attached hydrogens (tertiary/aromatic N) is 4. The number of nitrogens with two attached hydrogens (primary N) is 3. The highest BCUT2D eigenvalue weighted by atomic mass is 79.9. The van der Waals surface area contributed by atoms with Crippen LogP contribution in [0.25, 0.3) is 0 Å². The van der Waals surface area contributed by atoms with Gasteiger partial charge in [0.2, 0.25) is 17.5 Å². The molecule has 10 aliphatic carbocycles. The summed E-state index contributed by atoms with van der Waals surface area (Å²) in [6.07, 6.45) is 25.4. The Bertz CT molecular complexity index is 5870. The Balaban J connectivity index is 0.000000146. The van der Waals surface area contributed by atoms with E-state index in [1.165, 1.54) is 109 Å². The number of esters is 5. The number of hydrogen-bond acceptors (Lipinski definition) is 23. The number of halogens is 7. The normalized spacial score (nSPS) is 24.4. The van der Waals surface area contributed by atoms with E-state index < -0.39 is 62.9 Å². The molecule has 142 heavy (non-hydrogen) atoms. The van der Waals surface area contributed by atoms with E-state index in [9.17, 15) is 74.3 Å². The third-order valence-electron chi connectivity index (χ3n) is 32.4. The number of ether oxygens (including phenoxy) is 6. The summed E-state index contributed by atoms with van der Waals surface area (Å²) in [5.41, 5.74) is 31.4. The van der Waals surface area contributed by atoms with Crippen LogP contribution in [0.15, 0.2) is 101 Å². The number of carbonyl (C=O) groups is 9. The molecule has 18 rings (SSSR count). The second-order valence-corrected chi connectivity index (χ2v) is 44.2. The maximum atomic E-state index is 13.2. The molecule has 5 saturated carbocycles. The summed E-state index contributed by atoms with van der Waals surface area (Å²) < 4.78 is 105. The van der Waals surface area contributed by atoms with Gasteiger partial charge in [-0.3, -0.25) is 38.4 Å². The van der Waals surface area contributed by atoms with Crippen molar-refractivity contribution >= 4 is 98.0 Å². The largest absolute Gasteiger partial charge is 0.478 e. The Hall–Kier alpha value is -11.4. The molecular weight excluding hydrogens is 1900 g/mol. The zero-order chi connectivity index (χ0) is 103. The lowest BCUT2D eigenvalue weighted by Crippen LogP contribution is -2.41. The van der Waals surface area contributed by atoms with Crippen LogP contribution < -0.4 is 27.5 Å². The van der Waals surface area contributed by atoms with Gasteiger partial charge in [-0.05, 0) is 375 Å². The molecule has 2 aromatic heterocycles. The Morgan fingerprint density at radius 1 is 0.437 bits per heavy atom. The van der Waals surface area contributed by atoms with E-state index in [-0.39, 0.29) is 91.8 Å². The number of aromatic carboxylic acids is 2. The molecule has 5 spiro atoms. The van der Waals surface area contributed by atoms with Gasteiger partial charge in [0.15, 0.2) is 28.9 Å². The molecule has 1 aliphatic heterocycles. The smallest absolute Gasteiger partial charge is 0.451 e. The Morgan fingerprint density at radius 3 is 1.04 bits per heavy atom. The lowest BCUT2D eigenvalue weighted by Gasteiger charge is -2.38. The number of ketones is 2. The van der Waals surface area contributed by atoms with Crippen molar-refractivity contribution in [3.05, 3.63) is 196 Å². The van der Waals surface area contributed by atoms with Crippen LogP contribution in [0.4, 0.5) is 49.4 Å². The second kappa shape index (κ2) is 44.1. The Labute approximate surface area is 832 Å². The quantitative estimate of drug-likeness (QED) is 0.0162. The molecular formula is C109H133BrF6N8O18. The molecule has 0 bridgehead atoms. The summed E-state index contributed by atoms with van der Waals surface area (Å²) >= 11 is 3.48. The molecule has 0 unspecified atom stereocenters. The summed E-state index contributed by atoms with van der Waals surface area (Å²) in [7, 11) is 7.25. The molecule has 766 valence electrons. The van der Waals surface area contributed by atoms with Crippen molar-refractivity contribution in [3.63, 3.8) is 0 Å². The molecule has 0 amide bonds.